The largest absolute Gasteiger partial charge is 0.379 e. The number of aryl methyl sites for hydroxylation is 2. The van der Waals surface area contributed by atoms with Crippen LogP contribution < -0.4 is 5.32 Å². The Morgan fingerprint density at radius 2 is 1.80 bits per heavy atom. The van der Waals surface area contributed by atoms with Crippen molar-refractivity contribution in [3.63, 3.8) is 0 Å². The lowest BCUT2D eigenvalue weighted by Crippen LogP contribution is -2.17. The van der Waals surface area contributed by atoms with Gasteiger partial charge in [-0.2, -0.15) is 5.10 Å². The zero-order valence-corrected chi connectivity index (χ0v) is 16.5. The first kappa shape index (κ1) is 18.1. The monoisotopic (exact) mass is 375 g/mol. The van der Waals surface area contributed by atoms with E-state index in [0.29, 0.717) is 16.1 Å². The molecule has 3 rings (SSSR count). The van der Waals surface area contributed by atoms with Crippen molar-refractivity contribution in [2.45, 2.75) is 46.6 Å². The van der Waals surface area contributed by atoms with Gasteiger partial charge in [0.2, 0.25) is 0 Å². The average Bonchev–Trinajstić information content (AvgIpc) is 2.89. The third kappa shape index (κ3) is 3.36. The summed E-state index contributed by atoms with van der Waals surface area (Å²) in [5.74, 6) is 0. The third-order valence-corrected chi connectivity index (χ3v) is 5.24. The molecule has 1 aromatic carbocycles. The minimum atomic E-state index is 0.440. The van der Waals surface area contributed by atoms with Gasteiger partial charge >= 0.3 is 0 Å². The summed E-state index contributed by atoms with van der Waals surface area (Å²) in [7, 11) is 0. The van der Waals surface area contributed by atoms with Crippen LogP contribution >= 0.6 is 23.2 Å². The number of pyridine rings is 1. The molecule has 0 unspecified atom stereocenters. The number of hydrogen-bond donors (Lipinski definition) is 1. The molecular formula is C20H23Cl2N3. The molecular weight excluding hydrogens is 353 g/mol. The van der Waals surface area contributed by atoms with Gasteiger partial charge in [-0.3, -0.25) is 0 Å². The Labute approximate surface area is 159 Å². The van der Waals surface area contributed by atoms with Crippen LogP contribution in [0.3, 0.4) is 0 Å². The molecule has 0 spiro atoms. The molecule has 0 saturated carbocycles. The zero-order chi connectivity index (χ0) is 18.1. The first-order valence-electron chi connectivity index (χ1n) is 8.67. The SMILES string of the molecule is CCC(CC)Nc1c(C)nn2c(-c3ccc(Cl)cc3Cl)c(C)ccc12. The Morgan fingerprint density at radius 1 is 1.08 bits per heavy atom. The molecule has 2 aromatic heterocycles. The lowest BCUT2D eigenvalue weighted by atomic mass is 10.1. The van der Waals surface area contributed by atoms with Gasteiger partial charge in [-0.15, -0.1) is 0 Å². The van der Waals surface area contributed by atoms with Gasteiger partial charge in [-0.05, 0) is 56.5 Å². The van der Waals surface area contributed by atoms with Gasteiger partial charge in [0.15, 0.2) is 0 Å². The summed E-state index contributed by atoms with van der Waals surface area (Å²) >= 11 is 12.5. The second kappa shape index (κ2) is 7.27. The van der Waals surface area contributed by atoms with E-state index in [0.717, 1.165) is 46.6 Å². The maximum atomic E-state index is 6.47. The topological polar surface area (TPSA) is 29.3 Å². The summed E-state index contributed by atoms with van der Waals surface area (Å²) in [5, 5.41) is 9.71. The van der Waals surface area contributed by atoms with Crippen LogP contribution in [0.2, 0.25) is 10.0 Å². The molecule has 5 heteroatoms. The van der Waals surface area contributed by atoms with Crippen LogP contribution in [-0.4, -0.2) is 15.7 Å². The molecule has 0 amide bonds. The number of nitrogens with one attached hydrogen (secondary N) is 1. The van der Waals surface area contributed by atoms with Gasteiger partial charge in [0.1, 0.15) is 0 Å². The molecule has 132 valence electrons. The molecule has 25 heavy (non-hydrogen) atoms. The van der Waals surface area contributed by atoms with Crippen LogP contribution in [0.4, 0.5) is 5.69 Å². The van der Waals surface area contributed by atoms with Gasteiger partial charge in [-0.25, -0.2) is 4.52 Å². The molecule has 0 atom stereocenters. The molecule has 0 saturated heterocycles. The Bertz CT molecular complexity index is 911. The van der Waals surface area contributed by atoms with Crippen molar-refractivity contribution in [2.24, 2.45) is 0 Å². The molecule has 0 radical (unpaired) electrons. The minimum Gasteiger partial charge on any atom is -0.379 e. The van der Waals surface area contributed by atoms with E-state index in [1.807, 2.05) is 23.6 Å². The van der Waals surface area contributed by atoms with Gasteiger partial charge < -0.3 is 5.32 Å². The fourth-order valence-electron chi connectivity index (χ4n) is 3.20. The molecule has 2 heterocycles. The first-order chi connectivity index (χ1) is 12.0. The maximum Gasteiger partial charge on any atom is 0.0904 e. The van der Waals surface area contributed by atoms with Crippen molar-refractivity contribution in [3.05, 3.63) is 51.6 Å². The average molecular weight is 376 g/mol. The highest BCUT2D eigenvalue weighted by atomic mass is 35.5. The van der Waals surface area contributed by atoms with Gasteiger partial charge in [0.25, 0.3) is 0 Å². The van der Waals surface area contributed by atoms with E-state index < -0.39 is 0 Å². The van der Waals surface area contributed by atoms with E-state index in [-0.39, 0.29) is 0 Å². The van der Waals surface area contributed by atoms with Gasteiger partial charge in [0.05, 0.1) is 27.6 Å². The Morgan fingerprint density at radius 3 is 2.44 bits per heavy atom. The predicted molar refractivity (Wildman–Crippen MR) is 108 cm³/mol. The number of fused-ring (bicyclic) bond motifs is 1. The number of halogens is 2. The van der Waals surface area contributed by atoms with E-state index >= 15 is 0 Å². The van der Waals surface area contributed by atoms with Crippen LogP contribution in [0.15, 0.2) is 30.3 Å². The Balaban J connectivity index is 2.22. The summed E-state index contributed by atoms with van der Waals surface area (Å²) in [6.45, 7) is 8.52. The van der Waals surface area contributed by atoms with Crippen molar-refractivity contribution in [1.29, 1.82) is 0 Å². The van der Waals surface area contributed by atoms with Crippen LogP contribution in [0.25, 0.3) is 16.8 Å². The standard InChI is InChI=1S/C20H23Cl2N3/c1-5-15(6-2)23-19-13(4)24-25-18(19)10-7-12(3)20(25)16-9-8-14(21)11-17(16)22/h7-11,15,23H,5-6H2,1-4H3. The highest BCUT2D eigenvalue weighted by Crippen LogP contribution is 2.35. The maximum absolute atomic E-state index is 6.47. The molecule has 0 aliphatic heterocycles. The lowest BCUT2D eigenvalue weighted by Gasteiger charge is -2.16. The molecule has 0 aliphatic rings. The lowest BCUT2D eigenvalue weighted by molar-refractivity contribution is 0.672. The quantitative estimate of drug-likeness (QED) is 0.549. The van der Waals surface area contributed by atoms with Gasteiger partial charge in [-0.1, -0.05) is 43.1 Å². The van der Waals surface area contributed by atoms with Crippen molar-refractivity contribution < 1.29 is 0 Å². The summed E-state index contributed by atoms with van der Waals surface area (Å²) in [6.07, 6.45) is 2.16. The number of nitrogens with zero attached hydrogens (tertiary/aromatic N) is 2. The predicted octanol–water partition coefficient (Wildman–Crippen LogP) is 6.53. The van der Waals surface area contributed by atoms with Crippen LogP contribution in [0.1, 0.15) is 37.9 Å². The number of anilines is 1. The minimum absolute atomic E-state index is 0.440. The van der Waals surface area contributed by atoms with E-state index in [1.54, 1.807) is 6.07 Å². The number of benzene rings is 1. The van der Waals surface area contributed by atoms with E-state index in [4.69, 9.17) is 28.3 Å². The fourth-order valence-corrected chi connectivity index (χ4v) is 3.70. The van der Waals surface area contributed by atoms with Crippen molar-refractivity contribution in [3.8, 4) is 11.3 Å². The number of hydrogen-bond acceptors (Lipinski definition) is 2. The molecule has 1 N–H and O–H groups in total. The smallest absolute Gasteiger partial charge is 0.0904 e. The highest BCUT2D eigenvalue weighted by molar-refractivity contribution is 6.36. The van der Waals surface area contributed by atoms with Crippen molar-refractivity contribution in [2.75, 3.05) is 5.32 Å². The van der Waals surface area contributed by atoms with Crippen LogP contribution in [0.5, 0.6) is 0 Å². The number of rotatable bonds is 5. The Kier molecular flexibility index (Phi) is 5.26. The second-order valence-electron chi connectivity index (χ2n) is 6.40. The van der Waals surface area contributed by atoms with E-state index in [2.05, 4.69) is 38.2 Å². The number of aromatic nitrogens is 2. The summed E-state index contributed by atoms with van der Waals surface area (Å²) in [5.41, 5.74) is 6.21. The van der Waals surface area contributed by atoms with Crippen LogP contribution in [0, 0.1) is 13.8 Å². The third-order valence-electron chi connectivity index (χ3n) is 4.69. The molecule has 0 bridgehead atoms. The summed E-state index contributed by atoms with van der Waals surface area (Å²) in [6, 6.07) is 10.3. The molecule has 3 nitrogen and oxygen atoms in total. The van der Waals surface area contributed by atoms with Crippen molar-refractivity contribution in [1.82, 2.24) is 9.61 Å². The van der Waals surface area contributed by atoms with Gasteiger partial charge in [0, 0.05) is 16.6 Å². The zero-order valence-electron chi connectivity index (χ0n) is 15.0. The normalized spacial score (nSPS) is 11.5. The molecule has 0 aliphatic carbocycles. The second-order valence-corrected chi connectivity index (χ2v) is 7.25. The summed E-state index contributed by atoms with van der Waals surface area (Å²) in [4.78, 5) is 0. The van der Waals surface area contributed by atoms with E-state index in [1.165, 1.54) is 0 Å². The summed E-state index contributed by atoms with van der Waals surface area (Å²) < 4.78 is 1.99. The molecule has 0 fully saturated rings. The fraction of sp³-hybridized carbons (Fsp3) is 0.350. The first-order valence-corrected chi connectivity index (χ1v) is 9.42. The van der Waals surface area contributed by atoms with E-state index in [9.17, 15) is 0 Å². The molecule has 3 aromatic rings. The Hall–Kier alpha value is -1.71. The highest BCUT2D eigenvalue weighted by Gasteiger charge is 2.18. The van der Waals surface area contributed by atoms with Crippen molar-refractivity contribution >= 4 is 34.4 Å². The van der Waals surface area contributed by atoms with Crippen LogP contribution in [-0.2, 0) is 0 Å².